The standard InChI is InChI=1S/C7H12N4O/c1-11-3-2-10-7(11)5(8)4-6(9)12/h2-3,5H,4,8H2,1H3,(H2,9,12)/t5-/m0/s1. The second kappa shape index (κ2) is 3.36. The number of aryl methyl sites for hydroxylation is 1. The fourth-order valence-corrected chi connectivity index (χ4v) is 1.04. The molecule has 0 bridgehead atoms. The zero-order valence-corrected chi connectivity index (χ0v) is 6.90. The lowest BCUT2D eigenvalue weighted by molar-refractivity contribution is -0.118. The van der Waals surface area contributed by atoms with Crippen LogP contribution in [-0.2, 0) is 11.8 Å². The van der Waals surface area contributed by atoms with Gasteiger partial charge in [0.1, 0.15) is 5.82 Å². The van der Waals surface area contributed by atoms with Crippen molar-refractivity contribution in [1.82, 2.24) is 9.55 Å². The van der Waals surface area contributed by atoms with Gasteiger partial charge in [0.05, 0.1) is 6.04 Å². The van der Waals surface area contributed by atoms with Gasteiger partial charge in [0.2, 0.25) is 5.91 Å². The number of rotatable bonds is 3. The second-order valence-corrected chi connectivity index (χ2v) is 2.67. The average molecular weight is 168 g/mol. The van der Waals surface area contributed by atoms with Crippen LogP contribution in [0.4, 0.5) is 0 Å². The monoisotopic (exact) mass is 168 g/mol. The lowest BCUT2D eigenvalue weighted by Gasteiger charge is -2.08. The number of hydrogen-bond donors (Lipinski definition) is 2. The predicted octanol–water partition coefficient (Wildman–Crippen LogP) is -0.705. The average Bonchev–Trinajstić information content (AvgIpc) is 2.33. The fourth-order valence-electron chi connectivity index (χ4n) is 1.04. The van der Waals surface area contributed by atoms with E-state index in [0.29, 0.717) is 5.82 Å². The van der Waals surface area contributed by atoms with Gasteiger partial charge in [0.25, 0.3) is 0 Å². The highest BCUT2D eigenvalue weighted by Crippen LogP contribution is 2.09. The molecule has 1 atom stereocenters. The summed E-state index contributed by atoms with van der Waals surface area (Å²) in [5, 5.41) is 0. The molecule has 4 N–H and O–H groups in total. The Balaban J connectivity index is 2.71. The molecule has 0 aliphatic carbocycles. The molecule has 0 spiro atoms. The summed E-state index contributed by atoms with van der Waals surface area (Å²) >= 11 is 0. The van der Waals surface area contributed by atoms with Gasteiger partial charge in [0, 0.05) is 25.9 Å². The zero-order valence-electron chi connectivity index (χ0n) is 6.90. The molecule has 0 saturated heterocycles. The molecule has 12 heavy (non-hydrogen) atoms. The SMILES string of the molecule is Cn1ccnc1[C@@H](N)CC(N)=O. The molecule has 66 valence electrons. The number of primary amides is 1. The number of nitrogens with zero attached hydrogens (tertiary/aromatic N) is 2. The fraction of sp³-hybridized carbons (Fsp3) is 0.429. The van der Waals surface area contributed by atoms with E-state index < -0.39 is 11.9 Å². The van der Waals surface area contributed by atoms with Gasteiger partial charge in [-0.3, -0.25) is 4.79 Å². The molecular weight excluding hydrogens is 156 g/mol. The Hall–Kier alpha value is -1.36. The van der Waals surface area contributed by atoms with Crippen LogP contribution in [-0.4, -0.2) is 15.5 Å². The van der Waals surface area contributed by atoms with Gasteiger partial charge in [-0.2, -0.15) is 0 Å². The smallest absolute Gasteiger partial charge is 0.219 e. The van der Waals surface area contributed by atoms with Gasteiger partial charge in [-0.25, -0.2) is 4.98 Å². The maximum Gasteiger partial charge on any atom is 0.219 e. The molecule has 0 aromatic carbocycles. The van der Waals surface area contributed by atoms with Crippen molar-refractivity contribution in [3.63, 3.8) is 0 Å². The number of nitrogens with two attached hydrogens (primary N) is 2. The minimum absolute atomic E-state index is 0.130. The molecule has 0 unspecified atom stereocenters. The first-order chi connectivity index (χ1) is 5.61. The van der Waals surface area contributed by atoms with E-state index in [0.717, 1.165) is 0 Å². The van der Waals surface area contributed by atoms with Crippen LogP contribution in [0.3, 0.4) is 0 Å². The topological polar surface area (TPSA) is 86.9 Å². The lowest BCUT2D eigenvalue weighted by Crippen LogP contribution is -2.23. The Labute approximate surface area is 70.4 Å². The third-order valence-corrected chi connectivity index (χ3v) is 1.61. The summed E-state index contributed by atoms with van der Waals surface area (Å²) in [5.41, 5.74) is 10.7. The molecule has 5 heteroatoms. The van der Waals surface area contributed by atoms with Crippen molar-refractivity contribution >= 4 is 5.91 Å². The van der Waals surface area contributed by atoms with Crippen LogP contribution in [0.25, 0.3) is 0 Å². The van der Waals surface area contributed by atoms with Crippen molar-refractivity contribution in [3.8, 4) is 0 Å². The van der Waals surface area contributed by atoms with E-state index in [1.807, 2.05) is 7.05 Å². The van der Waals surface area contributed by atoms with Crippen LogP contribution in [0.5, 0.6) is 0 Å². The van der Waals surface area contributed by atoms with Crippen LogP contribution in [0.15, 0.2) is 12.4 Å². The third-order valence-electron chi connectivity index (χ3n) is 1.61. The lowest BCUT2D eigenvalue weighted by atomic mass is 10.2. The number of amides is 1. The van der Waals surface area contributed by atoms with Crippen molar-refractivity contribution in [2.45, 2.75) is 12.5 Å². The molecule has 5 nitrogen and oxygen atoms in total. The van der Waals surface area contributed by atoms with Gasteiger partial charge in [-0.1, -0.05) is 0 Å². The van der Waals surface area contributed by atoms with Gasteiger partial charge < -0.3 is 16.0 Å². The molecule has 0 aliphatic heterocycles. The molecule has 0 saturated carbocycles. The van der Waals surface area contributed by atoms with Crippen molar-refractivity contribution in [2.24, 2.45) is 18.5 Å². The molecule has 1 rings (SSSR count). The number of carbonyl (C=O) groups excluding carboxylic acids is 1. The first-order valence-electron chi connectivity index (χ1n) is 3.62. The Kier molecular flexibility index (Phi) is 2.44. The normalized spacial score (nSPS) is 12.8. The van der Waals surface area contributed by atoms with E-state index in [-0.39, 0.29) is 6.42 Å². The second-order valence-electron chi connectivity index (χ2n) is 2.67. The highest BCUT2D eigenvalue weighted by molar-refractivity contribution is 5.74. The van der Waals surface area contributed by atoms with Crippen molar-refractivity contribution in [1.29, 1.82) is 0 Å². The Morgan fingerprint density at radius 2 is 2.50 bits per heavy atom. The summed E-state index contributed by atoms with van der Waals surface area (Å²) in [4.78, 5) is 14.5. The first-order valence-corrected chi connectivity index (χ1v) is 3.62. The quantitative estimate of drug-likeness (QED) is 0.625. The van der Waals surface area contributed by atoms with E-state index >= 15 is 0 Å². The highest BCUT2D eigenvalue weighted by atomic mass is 16.1. The predicted molar refractivity (Wildman–Crippen MR) is 43.9 cm³/mol. The van der Waals surface area contributed by atoms with Gasteiger partial charge in [0.15, 0.2) is 0 Å². The molecule has 0 fully saturated rings. The Morgan fingerprint density at radius 3 is 2.92 bits per heavy atom. The Morgan fingerprint density at radius 1 is 1.83 bits per heavy atom. The summed E-state index contributed by atoms with van der Waals surface area (Å²) < 4.78 is 1.77. The van der Waals surface area contributed by atoms with Gasteiger partial charge in [-0.05, 0) is 0 Å². The minimum Gasteiger partial charge on any atom is -0.370 e. The summed E-state index contributed by atoms with van der Waals surface area (Å²) in [6.07, 6.45) is 3.54. The van der Waals surface area contributed by atoms with Gasteiger partial charge >= 0.3 is 0 Å². The van der Waals surface area contributed by atoms with Crippen molar-refractivity contribution < 1.29 is 4.79 Å². The van der Waals surface area contributed by atoms with E-state index in [9.17, 15) is 4.79 Å². The zero-order chi connectivity index (χ0) is 9.14. The van der Waals surface area contributed by atoms with Crippen LogP contribution in [0, 0.1) is 0 Å². The van der Waals surface area contributed by atoms with E-state index in [2.05, 4.69) is 4.98 Å². The Bertz CT molecular complexity index is 281. The van der Waals surface area contributed by atoms with E-state index in [4.69, 9.17) is 11.5 Å². The number of aromatic nitrogens is 2. The highest BCUT2D eigenvalue weighted by Gasteiger charge is 2.12. The molecule has 1 amide bonds. The number of imidazole rings is 1. The molecule has 0 radical (unpaired) electrons. The maximum absolute atomic E-state index is 10.5. The van der Waals surface area contributed by atoms with Crippen LogP contribution in [0.2, 0.25) is 0 Å². The molecule has 0 aliphatic rings. The minimum atomic E-state index is -0.412. The molecule has 1 heterocycles. The molecular formula is C7H12N4O. The van der Waals surface area contributed by atoms with Crippen LogP contribution >= 0.6 is 0 Å². The first kappa shape index (κ1) is 8.73. The van der Waals surface area contributed by atoms with Crippen molar-refractivity contribution in [3.05, 3.63) is 18.2 Å². The number of hydrogen-bond acceptors (Lipinski definition) is 3. The molecule has 1 aromatic rings. The third kappa shape index (κ3) is 1.82. The van der Waals surface area contributed by atoms with Crippen molar-refractivity contribution in [2.75, 3.05) is 0 Å². The van der Waals surface area contributed by atoms with Crippen LogP contribution in [0.1, 0.15) is 18.3 Å². The largest absolute Gasteiger partial charge is 0.370 e. The van der Waals surface area contributed by atoms with E-state index in [1.54, 1.807) is 17.0 Å². The summed E-state index contributed by atoms with van der Waals surface area (Å²) in [5.74, 6) is 0.263. The van der Waals surface area contributed by atoms with Gasteiger partial charge in [-0.15, -0.1) is 0 Å². The van der Waals surface area contributed by atoms with Crippen LogP contribution < -0.4 is 11.5 Å². The summed E-state index contributed by atoms with van der Waals surface area (Å²) in [6, 6.07) is -0.400. The van der Waals surface area contributed by atoms with E-state index in [1.165, 1.54) is 0 Å². The molecule has 1 aromatic heterocycles. The maximum atomic E-state index is 10.5. The summed E-state index contributed by atoms with van der Waals surface area (Å²) in [6.45, 7) is 0. The summed E-state index contributed by atoms with van der Waals surface area (Å²) in [7, 11) is 1.82. The number of carbonyl (C=O) groups is 1.